The van der Waals surface area contributed by atoms with Crippen molar-refractivity contribution in [2.24, 2.45) is 0 Å². The number of rotatable bonds is 2. The molecule has 19 heavy (non-hydrogen) atoms. The molecular formula is C14H16ClNO3. The predicted molar refractivity (Wildman–Crippen MR) is 72.5 cm³/mol. The number of nitrogens with zero attached hydrogens (tertiary/aromatic N) is 1. The minimum atomic E-state index is -0.931. The number of aryl methyl sites for hydroxylation is 1. The zero-order chi connectivity index (χ0) is 14.0. The minimum Gasteiger partial charge on any atom is -0.480 e. The van der Waals surface area contributed by atoms with E-state index in [9.17, 15) is 14.7 Å². The van der Waals surface area contributed by atoms with Gasteiger partial charge in [-0.2, -0.15) is 0 Å². The molecule has 0 spiro atoms. The molecule has 1 N–H and O–H groups in total. The molecule has 1 aromatic carbocycles. The lowest BCUT2D eigenvalue weighted by molar-refractivity contribution is -0.143. The number of carboxylic acid groups (broad SMARTS) is 1. The zero-order valence-corrected chi connectivity index (χ0v) is 11.5. The first-order chi connectivity index (χ1) is 9.00. The van der Waals surface area contributed by atoms with Gasteiger partial charge in [-0.15, -0.1) is 0 Å². The summed E-state index contributed by atoms with van der Waals surface area (Å²) in [5.74, 6) is -1.15. The average Bonchev–Trinajstić information content (AvgIpc) is 2.38. The van der Waals surface area contributed by atoms with Crippen LogP contribution in [0.5, 0.6) is 0 Å². The monoisotopic (exact) mass is 281 g/mol. The molecule has 1 aliphatic rings. The van der Waals surface area contributed by atoms with E-state index in [-0.39, 0.29) is 5.91 Å². The fraction of sp³-hybridized carbons (Fsp3) is 0.429. The predicted octanol–water partition coefficient (Wildman–Crippen LogP) is 2.73. The number of carboxylic acids is 1. The van der Waals surface area contributed by atoms with Crippen LogP contribution < -0.4 is 0 Å². The standard InChI is InChI=1S/C14H16ClNO3/c1-9-8-10(15)5-6-11(9)13(17)16-7-3-2-4-12(16)14(18)19/h5-6,8,12H,2-4,7H2,1H3,(H,18,19)/t12-/m0/s1. The van der Waals surface area contributed by atoms with Gasteiger partial charge < -0.3 is 10.0 Å². The summed E-state index contributed by atoms with van der Waals surface area (Å²) in [5.41, 5.74) is 1.30. The number of likely N-dealkylation sites (tertiary alicyclic amines) is 1. The average molecular weight is 282 g/mol. The summed E-state index contributed by atoms with van der Waals surface area (Å²) in [6, 6.07) is 4.32. The van der Waals surface area contributed by atoms with Crippen LogP contribution in [0.1, 0.15) is 35.2 Å². The van der Waals surface area contributed by atoms with Gasteiger partial charge in [-0.1, -0.05) is 11.6 Å². The molecule has 0 radical (unpaired) electrons. The Morgan fingerprint density at radius 1 is 1.37 bits per heavy atom. The van der Waals surface area contributed by atoms with Gasteiger partial charge in [0, 0.05) is 17.1 Å². The van der Waals surface area contributed by atoms with Crippen molar-refractivity contribution in [3.05, 3.63) is 34.3 Å². The smallest absolute Gasteiger partial charge is 0.326 e. The molecular weight excluding hydrogens is 266 g/mol. The van der Waals surface area contributed by atoms with Gasteiger partial charge >= 0.3 is 5.97 Å². The van der Waals surface area contributed by atoms with E-state index in [1.807, 2.05) is 0 Å². The highest BCUT2D eigenvalue weighted by Gasteiger charge is 2.32. The van der Waals surface area contributed by atoms with Crippen LogP contribution in [0, 0.1) is 6.92 Å². The van der Waals surface area contributed by atoms with E-state index < -0.39 is 12.0 Å². The van der Waals surface area contributed by atoms with Crippen LogP contribution in [-0.2, 0) is 4.79 Å². The summed E-state index contributed by atoms with van der Waals surface area (Å²) < 4.78 is 0. The summed E-state index contributed by atoms with van der Waals surface area (Å²) in [6.07, 6.45) is 2.22. The highest BCUT2D eigenvalue weighted by Crippen LogP contribution is 2.22. The van der Waals surface area contributed by atoms with Gasteiger partial charge in [-0.25, -0.2) is 4.79 Å². The van der Waals surface area contributed by atoms with Gasteiger partial charge in [0.15, 0.2) is 0 Å². The summed E-state index contributed by atoms with van der Waals surface area (Å²) >= 11 is 5.87. The maximum atomic E-state index is 12.5. The number of aliphatic carboxylic acids is 1. The lowest BCUT2D eigenvalue weighted by atomic mass is 9.99. The van der Waals surface area contributed by atoms with Crippen LogP contribution in [0.3, 0.4) is 0 Å². The van der Waals surface area contributed by atoms with E-state index in [0.29, 0.717) is 23.6 Å². The Kier molecular flexibility index (Phi) is 4.10. The van der Waals surface area contributed by atoms with Crippen molar-refractivity contribution in [3.63, 3.8) is 0 Å². The molecule has 5 heteroatoms. The van der Waals surface area contributed by atoms with Gasteiger partial charge in [0.1, 0.15) is 6.04 Å². The topological polar surface area (TPSA) is 57.6 Å². The summed E-state index contributed by atoms with van der Waals surface area (Å²) in [7, 11) is 0. The van der Waals surface area contributed by atoms with Crippen molar-refractivity contribution in [1.29, 1.82) is 0 Å². The van der Waals surface area contributed by atoms with Crippen molar-refractivity contribution in [2.75, 3.05) is 6.54 Å². The van der Waals surface area contributed by atoms with Crippen LogP contribution in [0.2, 0.25) is 5.02 Å². The van der Waals surface area contributed by atoms with E-state index >= 15 is 0 Å². The second kappa shape index (κ2) is 5.61. The maximum Gasteiger partial charge on any atom is 0.326 e. The van der Waals surface area contributed by atoms with Gasteiger partial charge in [0.25, 0.3) is 5.91 Å². The summed E-state index contributed by atoms with van der Waals surface area (Å²) in [6.45, 7) is 2.30. The molecule has 4 nitrogen and oxygen atoms in total. The lowest BCUT2D eigenvalue weighted by Gasteiger charge is -2.33. The molecule has 1 saturated heterocycles. The van der Waals surface area contributed by atoms with Gasteiger partial charge in [0.2, 0.25) is 0 Å². The van der Waals surface area contributed by atoms with Gasteiger partial charge in [-0.3, -0.25) is 4.79 Å². The molecule has 1 heterocycles. The Labute approximate surface area is 117 Å². The number of carbonyl (C=O) groups is 2. The number of benzene rings is 1. The van der Waals surface area contributed by atoms with Crippen molar-refractivity contribution in [1.82, 2.24) is 4.90 Å². The number of carbonyl (C=O) groups excluding carboxylic acids is 1. The van der Waals surface area contributed by atoms with Crippen LogP contribution in [0.25, 0.3) is 0 Å². The fourth-order valence-electron chi connectivity index (χ4n) is 2.45. The van der Waals surface area contributed by atoms with Crippen LogP contribution in [0.15, 0.2) is 18.2 Å². The highest BCUT2D eigenvalue weighted by molar-refractivity contribution is 6.30. The second-order valence-corrected chi connectivity index (χ2v) is 5.24. The third kappa shape index (κ3) is 2.89. The fourth-order valence-corrected chi connectivity index (χ4v) is 2.68. The van der Waals surface area contributed by atoms with Crippen molar-refractivity contribution in [3.8, 4) is 0 Å². The van der Waals surface area contributed by atoms with Gasteiger partial charge in [0.05, 0.1) is 0 Å². The Morgan fingerprint density at radius 3 is 2.74 bits per heavy atom. The Bertz CT molecular complexity index is 515. The zero-order valence-electron chi connectivity index (χ0n) is 10.7. The van der Waals surface area contributed by atoms with Crippen LogP contribution in [-0.4, -0.2) is 34.5 Å². The maximum absolute atomic E-state index is 12.5. The van der Waals surface area contributed by atoms with E-state index in [2.05, 4.69) is 0 Å². The Hall–Kier alpha value is -1.55. The Morgan fingerprint density at radius 2 is 2.11 bits per heavy atom. The highest BCUT2D eigenvalue weighted by atomic mass is 35.5. The van der Waals surface area contributed by atoms with Gasteiger partial charge in [-0.05, 0) is 49.9 Å². The second-order valence-electron chi connectivity index (χ2n) is 4.81. The quantitative estimate of drug-likeness (QED) is 0.907. The molecule has 1 fully saturated rings. The molecule has 1 aromatic rings. The lowest BCUT2D eigenvalue weighted by Crippen LogP contribution is -2.48. The first-order valence-corrected chi connectivity index (χ1v) is 6.68. The molecule has 0 unspecified atom stereocenters. The van der Waals surface area contributed by atoms with Crippen LogP contribution in [0.4, 0.5) is 0 Å². The molecule has 1 atom stereocenters. The molecule has 1 amide bonds. The van der Waals surface area contributed by atoms with E-state index in [1.54, 1.807) is 25.1 Å². The molecule has 0 bridgehead atoms. The Balaban J connectivity index is 2.28. The molecule has 102 valence electrons. The number of hydrogen-bond acceptors (Lipinski definition) is 2. The first kappa shape index (κ1) is 13.9. The number of hydrogen-bond donors (Lipinski definition) is 1. The molecule has 0 aromatic heterocycles. The number of amides is 1. The number of piperidine rings is 1. The number of halogens is 1. The van der Waals surface area contributed by atoms with Crippen molar-refractivity contribution in [2.45, 2.75) is 32.2 Å². The molecule has 2 rings (SSSR count). The van der Waals surface area contributed by atoms with Crippen LogP contribution >= 0.6 is 11.6 Å². The van der Waals surface area contributed by atoms with E-state index in [4.69, 9.17) is 11.6 Å². The summed E-state index contributed by atoms with van der Waals surface area (Å²) in [5, 5.41) is 9.77. The van der Waals surface area contributed by atoms with E-state index in [0.717, 1.165) is 18.4 Å². The third-order valence-corrected chi connectivity index (χ3v) is 3.70. The molecule has 0 aliphatic carbocycles. The van der Waals surface area contributed by atoms with E-state index in [1.165, 1.54) is 4.90 Å². The minimum absolute atomic E-state index is 0.221. The first-order valence-electron chi connectivity index (χ1n) is 6.30. The van der Waals surface area contributed by atoms with Crippen molar-refractivity contribution < 1.29 is 14.7 Å². The SMILES string of the molecule is Cc1cc(Cl)ccc1C(=O)N1CCCC[C@H]1C(=O)O. The third-order valence-electron chi connectivity index (χ3n) is 3.47. The largest absolute Gasteiger partial charge is 0.480 e. The van der Waals surface area contributed by atoms with Crippen molar-refractivity contribution >= 4 is 23.5 Å². The normalized spacial score (nSPS) is 19.3. The molecule has 0 saturated carbocycles. The summed E-state index contributed by atoms with van der Waals surface area (Å²) in [4.78, 5) is 25.2. The molecule has 1 aliphatic heterocycles.